The summed E-state index contributed by atoms with van der Waals surface area (Å²) in [5.41, 5.74) is 5.45. The van der Waals surface area contributed by atoms with E-state index in [2.05, 4.69) is 86.6 Å². The van der Waals surface area contributed by atoms with Gasteiger partial charge in [-0.1, -0.05) is 54.6 Å². The molecule has 0 amide bonds. The minimum Gasteiger partial charge on any atom is -0.305 e. The highest BCUT2D eigenvalue weighted by atomic mass is 15.0. The Bertz CT molecular complexity index is 757. The van der Waals surface area contributed by atoms with Gasteiger partial charge in [0.1, 0.15) is 0 Å². The number of hydrogen-bond acceptors (Lipinski definition) is 1. The molecule has 1 heteroatoms. The third-order valence-electron chi connectivity index (χ3n) is 3.97. The van der Waals surface area contributed by atoms with Crippen molar-refractivity contribution < 1.29 is 0 Å². The minimum atomic E-state index is 0.969. The molecule has 0 aliphatic rings. The first-order valence-corrected chi connectivity index (χ1v) is 7.38. The van der Waals surface area contributed by atoms with Crippen LogP contribution < -0.4 is 0 Å². The Balaban J connectivity index is 2.32. The molecule has 1 nitrogen and oxygen atoms in total. The van der Waals surface area contributed by atoms with Crippen LogP contribution in [0.3, 0.4) is 0 Å². The van der Waals surface area contributed by atoms with Crippen LogP contribution in [0.25, 0.3) is 21.9 Å². The Morgan fingerprint density at radius 1 is 0.857 bits per heavy atom. The molecule has 0 aliphatic heterocycles. The van der Waals surface area contributed by atoms with Crippen molar-refractivity contribution in [3.05, 3.63) is 71.8 Å². The highest BCUT2D eigenvalue weighted by molar-refractivity contribution is 5.99. The SMILES string of the molecule is Cc1c(CN(C)C)cc2ccccc2c1-c1ccccc1. The van der Waals surface area contributed by atoms with Gasteiger partial charge in [0, 0.05) is 6.54 Å². The van der Waals surface area contributed by atoms with Crippen molar-refractivity contribution in [3.63, 3.8) is 0 Å². The van der Waals surface area contributed by atoms with Crippen LogP contribution in [0, 0.1) is 6.92 Å². The van der Waals surface area contributed by atoms with E-state index in [1.54, 1.807) is 0 Å². The van der Waals surface area contributed by atoms with Gasteiger partial charge >= 0.3 is 0 Å². The summed E-state index contributed by atoms with van der Waals surface area (Å²) in [5, 5.41) is 2.66. The van der Waals surface area contributed by atoms with Crippen molar-refractivity contribution in [1.82, 2.24) is 4.90 Å². The Morgan fingerprint density at radius 2 is 1.52 bits per heavy atom. The topological polar surface area (TPSA) is 3.24 Å². The zero-order chi connectivity index (χ0) is 14.8. The molecule has 0 bridgehead atoms. The third kappa shape index (κ3) is 2.70. The van der Waals surface area contributed by atoms with Gasteiger partial charge in [-0.05, 0) is 60.1 Å². The first-order valence-electron chi connectivity index (χ1n) is 7.38. The quantitative estimate of drug-likeness (QED) is 0.658. The summed E-state index contributed by atoms with van der Waals surface area (Å²) in [5.74, 6) is 0. The van der Waals surface area contributed by atoms with Crippen molar-refractivity contribution in [2.24, 2.45) is 0 Å². The fourth-order valence-corrected chi connectivity index (χ4v) is 2.99. The first-order chi connectivity index (χ1) is 10.2. The second-order valence-corrected chi connectivity index (χ2v) is 5.86. The van der Waals surface area contributed by atoms with Crippen molar-refractivity contribution in [3.8, 4) is 11.1 Å². The molecule has 3 aromatic carbocycles. The summed E-state index contributed by atoms with van der Waals surface area (Å²) in [4.78, 5) is 2.23. The predicted octanol–water partition coefficient (Wildman–Crippen LogP) is 4.88. The Kier molecular flexibility index (Phi) is 3.76. The molecule has 0 aliphatic carbocycles. The Hall–Kier alpha value is -2.12. The molecule has 0 unspecified atom stereocenters. The lowest BCUT2D eigenvalue weighted by molar-refractivity contribution is 0.402. The van der Waals surface area contributed by atoms with E-state index in [0.29, 0.717) is 0 Å². The molecular weight excluding hydrogens is 254 g/mol. The standard InChI is InChI=1S/C20H21N/c1-15-18(14-21(2)3)13-17-11-7-8-12-19(17)20(15)16-9-5-4-6-10-16/h4-13H,14H2,1-3H3. The highest BCUT2D eigenvalue weighted by Gasteiger charge is 2.12. The molecule has 0 heterocycles. The molecule has 3 rings (SSSR count). The van der Waals surface area contributed by atoms with Crippen molar-refractivity contribution in [1.29, 1.82) is 0 Å². The van der Waals surface area contributed by atoms with Crippen LogP contribution in [0.5, 0.6) is 0 Å². The number of benzene rings is 3. The molecule has 0 spiro atoms. The summed E-state index contributed by atoms with van der Waals surface area (Å²) in [6, 6.07) is 21.7. The van der Waals surface area contributed by atoms with Gasteiger partial charge in [0.15, 0.2) is 0 Å². The van der Waals surface area contributed by atoms with Crippen LogP contribution in [0.2, 0.25) is 0 Å². The first kappa shape index (κ1) is 13.8. The highest BCUT2D eigenvalue weighted by Crippen LogP contribution is 2.34. The average molecular weight is 275 g/mol. The monoisotopic (exact) mass is 275 g/mol. The van der Waals surface area contributed by atoms with Crippen molar-refractivity contribution in [2.75, 3.05) is 14.1 Å². The van der Waals surface area contributed by atoms with E-state index in [1.165, 1.54) is 33.0 Å². The Morgan fingerprint density at radius 3 is 2.24 bits per heavy atom. The maximum absolute atomic E-state index is 2.33. The molecule has 0 atom stereocenters. The molecule has 0 saturated carbocycles. The lowest BCUT2D eigenvalue weighted by atomic mass is 9.90. The molecule has 0 saturated heterocycles. The predicted molar refractivity (Wildman–Crippen MR) is 91.5 cm³/mol. The van der Waals surface area contributed by atoms with E-state index in [4.69, 9.17) is 0 Å². The molecule has 0 aromatic heterocycles. The summed E-state index contributed by atoms with van der Waals surface area (Å²) in [7, 11) is 4.24. The maximum atomic E-state index is 2.33. The van der Waals surface area contributed by atoms with Gasteiger partial charge in [-0.25, -0.2) is 0 Å². The molecule has 3 aromatic rings. The molecule has 106 valence electrons. The fourth-order valence-electron chi connectivity index (χ4n) is 2.99. The average Bonchev–Trinajstić information content (AvgIpc) is 2.48. The summed E-state index contributed by atoms with van der Waals surface area (Å²) < 4.78 is 0. The van der Waals surface area contributed by atoms with E-state index in [-0.39, 0.29) is 0 Å². The van der Waals surface area contributed by atoms with Crippen LogP contribution in [0.1, 0.15) is 11.1 Å². The van der Waals surface area contributed by atoms with Gasteiger partial charge in [0.2, 0.25) is 0 Å². The van der Waals surface area contributed by atoms with Gasteiger partial charge in [-0.2, -0.15) is 0 Å². The second-order valence-electron chi connectivity index (χ2n) is 5.86. The third-order valence-corrected chi connectivity index (χ3v) is 3.97. The fraction of sp³-hybridized carbons (Fsp3) is 0.200. The zero-order valence-corrected chi connectivity index (χ0v) is 12.9. The summed E-state index contributed by atoms with van der Waals surface area (Å²) >= 11 is 0. The number of hydrogen-bond donors (Lipinski definition) is 0. The molecule has 0 radical (unpaired) electrons. The van der Waals surface area contributed by atoms with Crippen LogP contribution in [-0.4, -0.2) is 19.0 Å². The minimum absolute atomic E-state index is 0.969. The van der Waals surface area contributed by atoms with Crippen molar-refractivity contribution in [2.45, 2.75) is 13.5 Å². The van der Waals surface area contributed by atoms with Gasteiger partial charge in [-0.3, -0.25) is 0 Å². The lowest BCUT2D eigenvalue weighted by Crippen LogP contribution is -2.12. The second kappa shape index (κ2) is 5.71. The van der Waals surface area contributed by atoms with Crippen molar-refractivity contribution >= 4 is 10.8 Å². The van der Waals surface area contributed by atoms with Gasteiger partial charge in [0.05, 0.1) is 0 Å². The summed E-state index contributed by atoms with van der Waals surface area (Å²) in [6.45, 7) is 3.21. The van der Waals surface area contributed by atoms with Crippen LogP contribution >= 0.6 is 0 Å². The van der Waals surface area contributed by atoms with E-state index >= 15 is 0 Å². The van der Waals surface area contributed by atoms with Crippen LogP contribution in [0.15, 0.2) is 60.7 Å². The zero-order valence-electron chi connectivity index (χ0n) is 12.9. The van der Waals surface area contributed by atoms with Crippen LogP contribution in [0.4, 0.5) is 0 Å². The largest absolute Gasteiger partial charge is 0.305 e. The maximum Gasteiger partial charge on any atom is 0.0230 e. The number of nitrogens with zero attached hydrogens (tertiary/aromatic N) is 1. The molecule has 0 fully saturated rings. The van der Waals surface area contributed by atoms with Gasteiger partial charge in [0.25, 0.3) is 0 Å². The smallest absolute Gasteiger partial charge is 0.0230 e. The van der Waals surface area contributed by atoms with Crippen LogP contribution in [-0.2, 0) is 6.54 Å². The summed E-state index contributed by atoms with van der Waals surface area (Å²) in [6.07, 6.45) is 0. The normalized spacial score (nSPS) is 11.2. The number of fused-ring (bicyclic) bond motifs is 1. The van der Waals surface area contributed by atoms with E-state index in [1.807, 2.05) is 0 Å². The molecule has 21 heavy (non-hydrogen) atoms. The van der Waals surface area contributed by atoms with Gasteiger partial charge < -0.3 is 4.90 Å². The van der Waals surface area contributed by atoms with Gasteiger partial charge in [-0.15, -0.1) is 0 Å². The lowest BCUT2D eigenvalue weighted by Gasteiger charge is -2.18. The van der Waals surface area contributed by atoms with E-state index in [9.17, 15) is 0 Å². The van der Waals surface area contributed by atoms with E-state index in [0.717, 1.165) is 6.54 Å². The van der Waals surface area contributed by atoms with E-state index < -0.39 is 0 Å². The Labute approximate surface area is 126 Å². The molecular formula is C20H21N. The number of rotatable bonds is 3. The molecule has 0 N–H and O–H groups in total.